The Bertz CT molecular complexity index is 263. The largest absolute Gasteiger partial charge is 0.492 e. The number of rotatable bonds is 3. The molecule has 1 nitrogen and oxygen atoms in total. The maximum absolute atomic E-state index is 5.49. The second kappa shape index (κ2) is 4.77. The van der Waals surface area contributed by atoms with Gasteiger partial charge in [-0.3, -0.25) is 0 Å². The van der Waals surface area contributed by atoms with Crippen molar-refractivity contribution in [3.05, 3.63) is 22.7 Å². The molecular weight excluding hydrogens is 236 g/mol. The molecular formula is C9H11BrOS. The van der Waals surface area contributed by atoms with E-state index < -0.39 is 0 Å². The molecule has 0 radical (unpaired) electrons. The van der Waals surface area contributed by atoms with E-state index in [1.54, 1.807) is 11.8 Å². The van der Waals surface area contributed by atoms with Gasteiger partial charge in [0.2, 0.25) is 0 Å². The van der Waals surface area contributed by atoms with Crippen LogP contribution in [-0.4, -0.2) is 12.9 Å². The van der Waals surface area contributed by atoms with Crippen LogP contribution < -0.4 is 4.74 Å². The fourth-order valence-corrected chi connectivity index (χ4v) is 2.12. The monoisotopic (exact) mass is 246 g/mol. The van der Waals surface area contributed by atoms with Crippen molar-refractivity contribution in [2.75, 3.05) is 12.9 Å². The van der Waals surface area contributed by atoms with Gasteiger partial charge in [-0.15, -0.1) is 11.8 Å². The predicted molar refractivity (Wildman–Crippen MR) is 57.1 cm³/mol. The normalized spacial score (nSPS) is 9.92. The van der Waals surface area contributed by atoms with E-state index in [2.05, 4.69) is 22.0 Å². The highest BCUT2D eigenvalue weighted by Gasteiger charge is 2.05. The van der Waals surface area contributed by atoms with Crippen LogP contribution in [0.4, 0.5) is 0 Å². The summed E-state index contributed by atoms with van der Waals surface area (Å²) in [7, 11) is 0. The molecule has 0 unspecified atom stereocenters. The van der Waals surface area contributed by atoms with Crippen molar-refractivity contribution in [2.45, 2.75) is 11.8 Å². The van der Waals surface area contributed by atoms with Gasteiger partial charge >= 0.3 is 0 Å². The van der Waals surface area contributed by atoms with Crippen molar-refractivity contribution < 1.29 is 4.74 Å². The summed E-state index contributed by atoms with van der Waals surface area (Å²) in [5, 5.41) is 0. The van der Waals surface area contributed by atoms with E-state index in [1.807, 2.05) is 25.3 Å². The molecule has 1 aromatic carbocycles. The first-order chi connectivity index (χ1) is 5.79. The van der Waals surface area contributed by atoms with Crippen LogP contribution >= 0.6 is 27.7 Å². The molecule has 0 spiro atoms. The minimum absolute atomic E-state index is 0.705. The first kappa shape index (κ1) is 9.93. The minimum Gasteiger partial charge on any atom is -0.492 e. The van der Waals surface area contributed by atoms with E-state index in [1.165, 1.54) is 4.90 Å². The zero-order valence-corrected chi connectivity index (χ0v) is 9.54. The fraction of sp³-hybridized carbons (Fsp3) is 0.333. The van der Waals surface area contributed by atoms with Gasteiger partial charge in [0.15, 0.2) is 0 Å². The molecule has 66 valence electrons. The zero-order valence-electron chi connectivity index (χ0n) is 7.13. The van der Waals surface area contributed by atoms with Crippen LogP contribution in [0.3, 0.4) is 0 Å². The summed E-state index contributed by atoms with van der Waals surface area (Å²) in [5.41, 5.74) is 0. The third-order valence-corrected chi connectivity index (χ3v) is 2.83. The van der Waals surface area contributed by atoms with Gasteiger partial charge in [-0.25, -0.2) is 0 Å². The molecule has 0 amide bonds. The van der Waals surface area contributed by atoms with Crippen LogP contribution in [0.5, 0.6) is 5.75 Å². The highest BCUT2D eigenvalue weighted by molar-refractivity contribution is 9.10. The Hall–Kier alpha value is -0.150. The second-order valence-corrected chi connectivity index (χ2v) is 3.91. The third kappa shape index (κ3) is 2.17. The number of ether oxygens (including phenoxy) is 1. The third-order valence-electron chi connectivity index (χ3n) is 1.44. The topological polar surface area (TPSA) is 9.23 Å². The van der Waals surface area contributed by atoms with Crippen molar-refractivity contribution in [3.63, 3.8) is 0 Å². The van der Waals surface area contributed by atoms with Gasteiger partial charge in [-0.05, 0) is 41.2 Å². The molecule has 0 N–H and O–H groups in total. The molecule has 0 bridgehead atoms. The fourth-order valence-electron chi connectivity index (χ4n) is 0.934. The van der Waals surface area contributed by atoms with Gasteiger partial charge in [-0.1, -0.05) is 6.07 Å². The van der Waals surface area contributed by atoms with E-state index in [4.69, 9.17) is 4.74 Å². The molecule has 0 aromatic heterocycles. The SMILES string of the molecule is CCOc1c(Br)cccc1SC. The van der Waals surface area contributed by atoms with Crippen LogP contribution in [0.1, 0.15) is 6.92 Å². The number of thioether (sulfide) groups is 1. The van der Waals surface area contributed by atoms with Crippen LogP contribution in [0.25, 0.3) is 0 Å². The summed E-state index contributed by atoms with van der Waals surface area (Å²) in [6.45, 7) is 2.69. The van der Waals surface area contributed by atoms with Crippen LogP contribution in [0.2, 0.25) is 0 Å². The van der Waals surface area contributed by atoms with Gasteiger partial charge in [-0.2, -0.15) is 0 Å². The maximum atomic E-state index is 5.49. The van der Waals surface area contributed by atoms with Gasteiger partial charge in [0, 0.05) is 0 Å². The summed E-state index contributed by atoms with van der Waals surface area (Å²) < 4.78 is 6.52. The average molecular weight is 247 g/mol. The highest BCUT2D eigenvalue weighted by Crippen LogP contribution is 2.34. The van der Waals surface area contributed by atoms with E-state index in [9.17, 15) is 0 Å². The number of benzene rings is 1. The molecule has 0 atom stereocenters. The van der Waals surface area contributed by atoms with Crippen LogP contribution in [0, 0.1) is 0 Å². The lowest BCUT2D eigenvalue weighted by atomic mass is 10.3. The van der Waals surface area contributed by atoms with Gasteiger partial charge < -0.3 is 4.74 Å². The molecule has 0 aliphatic carbocycles. The van der Waals surface area contributed by atoms with Crippen molar-refractivity contribution in [1.29, 1.82) is 0 Å². The van der Waals surface area contributed by atoms with Crippen LogP contribution in [-0.2, 0) is 0 Å². The Morgan fingerprint density at radius 1 is 1.50 bits per heavy atom. The molecule has 0 aliphatic rings. The maximum Gasteiger partial charge on any atom is 0.146 e. The molecule has 0 aliphatic heterocycles. The number of halogens is 1. The number of hydrogen-bond acceptors (Lipinski definition) is 2. The lowest BCUT2D eigenvalue weighted by Crippen LogP contribution is -1.93. The summed E-state index contributed by atoms with van der Waals surface area (Å²) in [4.78, 5) is 1.17. The average Bonchev–Trinajstić information content (AvgIpc) is 2.09. The Morgan fingerprint density at radius 3 is 2.83 bits per heavy atom. The van der Waals surface area contributed by atoms with E-state index >= 15 is 0 Å². The summed E-state index contributed by atoms with van der Waals surface area (Å²) in [6.07, 6.45) is 2.05. The lowest BCUT2D eigenvalue weighted by Gasteiger charge is -2.09. The zero-order chi connectivity index (χ0) is 8.97. The number of hydrogen-bond donors (Lipinski definition) is 0. The second-order valence-electron chi connectivity index (χ2n) is 2.20. The Balaban J connectivity index is 3.02. The van der Waals surface area contributed by atoms with Crippen molar-refractivity contribution in [2.24, 2.45) is 0 Å². The Morgan fingerprint density at radius 2 is 2.25 bits per heavy atom. The van der Waals surface area contributed by atoms with Crippen molar-refractivity contribution in [3.8, 4) is 5.75 Å². The molecule has 1 rings (SSSR count). The molecule has 3 heteroatoms. The summed E-state index contributed by atoms with van der Waals surface area (Å²) in [6, 6.07) is 6.06. The summed E-state index contributed by atoms with van der Waals surface area (Å²) >= 11 is 5.15. The molecule has 0 fully saturated rings. The lowest BCUT2D eigenvalue weighted by molar-refractivity contribution is 0.330. The van der Waals surface area contributed by atoms with Crippen molar-refractivity contribution in [1.82, 2.24) is 0 Å². The van der Waals surface area contributed by atoms with E-state index in [0.717, 1.165) is 10.2 Å². The van der Waals surface area contributed by atoms with Gasteiger partial charge in [0.1, 0.15) is 5.75 Å². The standard InChI is InChI=1S/C9H11BrOS/c1-3-11-9-7(10)5-4-6-8(9)12-2/h4-6H,3H2,1-2H3. The highest BCUT2D eigenvalue weighted by atomic mass is 79.9. The van der Waals surface area contributed by atoms with E-state index in [-0.39, 0.29) is 0 Å². The van der Waals surface area contributed by atoms with Gasteiger partial charge in [0.05, 0.1) is 16.0 Å². The molecule has 12 heavy (non-hydrogen) atoms. The van der Waals surface area contributed by atoms with Crippen LogP contribution in [0.15, 0.2) is 27.6 Å². The smallest absolute Gasteiger partial charge is 0.146 e. The molecule has 1 aromatic rings. The summed E-state index contributed by atoms with van der Waals surface area (Å²) in [5.74, 6) is 0.951. The predicted octanol–water partition coefficient (Wildman–Crippen LogP) is 3.57. The van der Waals surface area contributed by atoms with Crippen molar-refractivity contribution >= 4 is 27.7 Å². The molecule has 0 saturated heterocycles. The minimum atomic E-state index is 0.705. The Labute approximate surface area is 85.6 Å². The first-order valence-electron chi connectivity index (χ1n) is 3.75. The first-order valence-corrected chi connectivity index (χ1v) is 5.76. The molecule has 0 saturated carbocycles. The molecule has 0 heterocycles. The quantitative estimate of drug-likeness (QED) is 0.755. The van der Waals surface area contributed by atoms with Gasteiger partial charge in [0.25, 0.3) is 0 Å². The number of para-hydroxylation sites is 1. The Kier molecular flexibility index (Phi) is 3.95. The van der Waals surface area contributed by atoms with E-state index in [0.29, 0.717) is 6.61 Å².